The van der Waals surface area contributed by atoms with Crippen LogP contribution in [0, 0.1) is 12.7 Å². The first-order chi connectivity index (χ1) is 10.1. The Labute approximate surface area is 121 Å². The Hall–Kier alpha value is -2.75. The van der Waals surface area contributed by atoms with Crippen molar-refractivity contribution in [2.75, 3.05) is 0 Å². The second-order valence-corrected chi connectivity index (χ2v) is 4.76. The van der Waals surface area contributed by atoms with Gasteiger partial charge in [-0.1, -0.05) is 35.9 Å². The van der Waals surface area contributed by atoms with Gasteiger partial charge in [-0.05, 0) is 36.8 Å². The molecule has 0 bridgehead atoms. The smallest absolute Gasteiger partial charge is 0.363 e. The van der Waals surface area contributed by atoms with E-state index in [1.807, 2.05) is 31.2 Å². The molecule has 21 heavy (non-hydrogen) atoms. The average molecular weight is 281 g/mol. The Balaban J connectivity index is 1.95. The molecule has 3 nitrogen and oxygen atoms in total. The van der Waals surface area contributed by atoms with E-state index in [1.54, 1.807) is 18.2 Å². The molecule has 0 N–H and O–H groups in total. The zero-order chi connectivity index (χ0) is 14.8. The maximum absolute atomic E-state index is 13.2. The molecule has 4 heteroatoms. The van der Waals surface area contributed by atoms with Gasteiger partial charge in [0, 0.05) is 5.56 Å². The number of aliphatic imine (C=N–C) groups is 1. The van der Waals surface area contributed by atoms with E-state index in [2.05, 4.69) is 4.99 Å². The molecule has 104 valence electrons. The Morgan fingerprint density at radius 2 is 1.95 bits per heavy atom. The third-order valence-electron chi connectivity index (χ3n) is 3.04. The molecule has 0 saturated heterocycles. The molecule has 0 unspecified atom stereocenters. The number of halogens is 1. The van der Waals surface area contributed by atoms with Gasteiger partial charge >= 0.3 is 5.97 Å². The predicted octanol–water partition coefficient (Wildman–Crippen LogP) is 3.48. The topological polar surface area (TPSA) is 38.7 Å². The molecule has 0 aliphatic carbocycles. The Kier molecular flexibility index (Phi) is 3.36. The van der Waals surface area contributed by atoms with Crippen LogP contribution in [-0.4, -0.2) is 11.9 Å². The number of esters is 1. The predicted molar refractivity (Wildman–Crippen MR) is 78.2 cm³/mol. The van der Waals surface area contributed by atoms with Gasteiger partial charge in [0.15, 0.2) is 5.70 Å². The highest BCUT2D eigenvalue weighted by Gasteiger charge is 2.24. The summed E-state index contributed by atoms with van der Waals surface area (Å²) in [6, 6.07) is 13.5. The molecule has 0 saturated carbocycles. The molecule has 2 aromatic carbocycles. The number of cyclic esters (lactones) is 1. The molecule has 1 heterocycles. The largest absolute Gasteiger partial charge is 0.402 e. The molecule has 1 aliphatic heterocycles. The summed E-state index contributed by atoms with van der Waals surface area (Å²) >= 11 is 0. The number of hydrogen-bond donors (Lipinski definition) is 0. The van der Waals surface area contributed by atoms with Crippen molar-refractivity contribution in [2.45, 2.75) is 6.92 Å². The normalized spacial score (nSPS) is 16.0. The van der Waals surface area contributed by atoms with Gasteiger partial charge in [0.2, 0.25) is 5.90 Å². The van der Waals surface area contributed by atoms with E-state index in [1.165, 1.54) is 12.1 Å². The summed E-state index contributed by atoms with van der Waals surface area (Å²) < 4.78 is 18.3. The fourth-order valence-electron chi connectivity index (χ4n) is 2.07. The van der Waals surface area contributed by atoms with Crippen LogP contribution in [0.2, 0.25) is 0 Å². The molecule has 0 amide bonds. The van der Waals surface area contributed by atoms with Crippen LogP contribution in [0.5, 0.6) is 0 Å². The van der Waals surface area contributed by atoms with Crippen molar-refractivity contribution in [1.82, 2.24) is 0 Å². The first-order valence-corrected chi connectivity index (χ1v) is 6.47. The highest BCUT2D eigenvalue weighted by Crippen LogP contribution is 2.19. The second kappa shape index (κ2) is 5.32. The standard InChI is InChI=1S/C17H12FNO2/c1-11-4-2-5-12(8-11)9-15-17(20)21-16(19-15)13-6-3-7-14(18)10-13/h2-10H,1H3/b15-9-. The monoisotopic (exact) mass is 281 g/mol. The highest BCUT2D eigenvalue weighted by molar-refractivity contribution is 6.12. The summed E-state index contributed by atoms with van der Waals surface area (Å²) in [5.74, 6) is -0.809. The third kappa shape index (κ3) is 2.89. The van der Waals surface area contributed by atoms with Gasteiger partial charge in [0.1, 0.15) is 5.82 Å². The van der Waals surface area contributed by atoms with Crippen molar-refractivity contribution >= 4 is 17.9 Å². The quantitative estimate of drug-likeness (QED) is 0.624. The maximum atomic E-state index is 13.2. The lowest BCUT2D eigenvalue weighted by atomic mass is 10.1. The van der Waals surface area contributed by atoms with E-state index in [9.17, 15) is 9.18 Å². The van der Waals surface area contributed by atoms with Gasteiger partial charge in [-0.3, -0.25) is 0 Å². The van der Waals surface area contributed by atoms with Crippen molar-refractivity contribution in [3.8, 4) is 0 Å². The average Bonchev–Trinajstić information content (AvgIpc) is 2.80. The molecule has 0 fully saturated rings. The summed E-state index contributed by atoms with van der Waals surface area (Å²) in [5.41, 5.74) is 2.60. The second-order valence-electron chi connectivity index (χ2n) is 4.76. The van der Waals surface area contributed by atoms with Gasteiger partial charge in [-0.15, -0.1) is 0 Å². The van der Waals surface area contributed by atoms with E-state index in [4.69, 9.17) is 4.74 Å². The molecule has 2 aromatic rings. The van der Waals surface area contributed by atoms with E-state index in [0.29, 0.717) is 5.56 Å². The number of rotatable bonds is 2. The highest BCUT2D eigenvalue weighted by atomic mass is 19.1. The number of nitrogens with zero attached hydrogens (tertiary/aromatic N) is 1. The molecule has 0 atom stereocenters. The number of carbonyl (C=O) groups excluding carboxylic acids is 1. The van der Waals surface area contributed by atoms with Crippen molar-refractivity contribution < 1.29 is 13.9 Å². The third-order valence-corrected chi connectivity index (χ3v) is 3.04. The van der Waals surface area contributed by atoms with Crippen molar-refractivity contribution in [3.05, 3.63) is 76.7 Å². The lowest BCUT2D eigenvalue weighted by molar-refractivity contribution is -0.129. The minimum Gasteiger partial charge on any atom is -0.402 e. The molecule has 0 radical (unpaired) electrons. The van der Waals surface area contributed by atoms with Crippen LogP contribution in [0.25, 0.3) is 6.08 Å². The van der Waals surface area contributed by atoms with E-state index >= 15 is 0 Å². The lowest BCUT2D eigenvalue weighted by Crippen LogP contribution is -2.05. The van der Waals surface area contributed by atoms with Crippen molar-refractivity contribution in [3.63, 3.8) is 0 Å². The SMILES string of the molecule is Cc1cccc(/C=C2\N=C(c3cccc(F)c3)OC2=O)c1. The van der Waals surface area contributed by atoms with Crippen LogP contribution in [-0.2, 0) is 9.53 Å². The number of carbonyl (C=O) groups is 1. The minimum atomic E-state index is -0.532. The Bertz CT molecular complexity index is 778. The van der Waals surface area contributed by atoms with Crippen molar-refractivity contribution in [2.24, 2.45) is 4.99 Å². The summed E-state index contributed by atoms with van der Waals surface area (Å²) in [6.07, 6.45) is 1.65. The Morgan fingerprint density at radius 1 is 1.14 bits per heavy atom. The molecule has 0 spiro atoms. The molecule has 0 aromatic heterocycles. The zero-order valence-corrected chi connectivity index (χ0v) is 11.3. The molecule has 1 aliphatic rings. The maximum Gasteiger partial charge on any atom is 0.363 e. The fourth-order valence-corrected chi connectivity index (χ4v) is 2.07. The van der Waals surface area contributed by atoms with Crippen molar-refractivity contribution in [1.29, 1.82) is 0 Å². The van der Waals surface area contributed by atoms with Gasteiger partial charge < -0.3 is 4.74 Å². The van der Waals surface area contributed by atoms with Gasteiger partial charge in [0.25, 0.3) is 0 Å². The van der Waals surface area contributed by atoms with Crippen LogP contribution in [0.3, 0.4) is 0 Å². The van der Waals surface area contributed by atoms with E-state index in [0.717, 1.165) is 11.1 Å². The number of ether oxygens (including phenoxy) is 1. The van der Waals surface area contributed by atoms with Crippen LogP contribution in [0.15, 0.2) is 59.2 Å². The lowest BCUT2D eigenvalue weighted by Gasteiger charge is -1.98. The van der Waals surface area contributed by atoms with Crippen LogP contribution in [0.1, 0.15) is 16.7 Å². The van der Waals surface area contributed by atoms with Crippen LogP contribution in [0.4, 0.5) is 4.39 Å². The summed E-state index contributed by atoms with van der Waals surface area (Å²) in [4.78, 5) is 16.0. The molecular weight excluding hydrogens is 269 g/mol. The van der Waals surface area contributed by atoms with Crippen LogP contribution >= 0.6 is 0 Å². The summed E-state index contributed by atoms with van der Waals surface area (Å²) in [5, 5.41) is 0. The first kappa shape index (κ1) is 13.2. The number of aryl methyl sites for hydroxylation is 1. The number of hydrogen-bond acceptors (Lipinski definition) is 3. The van der Waals surface area contributed by atoms with Crippen LogP contribution < -0.4 is 0 Å². The van der Waals surface area contributed by atoms with Gasteiger partial charge in [-0.2, -0.15) is 0 Å². The van der Waals surface area contributed by atoms with E-state index in [-0.39, 0.29) is 11.6 Å². The minimum absolute atomic E-state index is 0.124. The summed E-state index contributed by atoms with van der Waals surface area (Å²) in [7, 11) is 0. The first-order valence-electron chi connectivity index (χ1n) is 6.47. The van der Waals surface area contributed by atoms with Gasteiger partial charge in [0.05, 0.1) is 0 Å². The fraction of sp³-hybridized carbons (Fsp3) is 0.0588. The Morgan fingerprint density at radius 3 is 2.71 bits per heavy atom. The molecular formula is C17H12FNO2. The summed E-state index contributed by atoms with van der Waals surface area (Å²) in [6.45, 7) is 1.97. The van der Waals surface area contributed by atoms with E-state index < -0.39 is 11.8 Å². The van der Waals surface area contributed by atoms with Gasteiger partial charge in [-0.25, -0.2) is 14.2 Å². The molecule has 3 rings (SSSR count). The zero-order valence-electron chi connectivity index (χ0n) is 11.3. The number of benzene rings is 2.